The Kier molecular flexibility index (Phi) is 37.1. The lowest BCUT2D eigenvalue weighted by Crippen LogP contribution is -2.37. The van der Waals surface area contributed by atoms with Crippen molar-refractivity contribution < 1.29 is 42.1 Å². The average Bonchev–Trinajstić information content (AvgIpc) is 3.15. The monoisotopic (exact) mass is 811 g/mol. The SMILES string of the molecule is CCC/C=C/C/C=C/C/C=C/C/C=C/CCCCCC(=O)O[C@H](COC(=O)CCCCCCCCCCCCCCCCC)COP(=O)(O)OCC[N+](C)(C)C. The van der Waals surface area contributed by atoms with Gasteiger partial charge in [-0.1, -0.05) is 165 Å². The van der Waals surface area contributed by atoms with Gasteiger partial charge in [0.05, 0.1) is 27.7 Å². The van der Waals surface area contributed by atoms with E-state index in [1.54, 1.807) is 0 Å². The van der Waals surface area contributed by atoms with Gasteiger partial charge in [0.25, 0.3) is 0 Å². The summed E-state index contributed by atoms with van der Waals surface area (Å²) in [7, 11) is 1.45. The van der Waals surface area contributed by atoms with Crippen molar-refractivity contribution in [2.75, 3.05) is 47.5 Å². The van der Waals surface area contributed by atoms with Gasteiger partial charge in [-0.3, -0.25) is 18.6 Å². The number of carbonyl (C=O) groups excluding carboxylic acids is 2. The number of hydrogen-bond donors (Lipinski definition) is 1. The van der Waals surface area contributed by atoms with Crippen molar-refractivity contribution in [1.82, 2.24) is 0 Å². The maximum absolute atomic E-state index is 12.7. The molecule has 2 atom stereocenters. The summed E-state index contributed by atoms with van der Waals surface area (Å²) >= 11 is 0. The zero-order valence-electron chi connectivity index (χ0n) is 36.6. The number of hydrogen-bond acceptors (Lipinski definition) is 7. The Balaban J connectivity index is 4.41. The molecule has 0 aliphatic rings. The van der Waals surface area contributed by atoms with Gasteiger partial charge in [-0.05, 0) is 51.4 Å². The number of allylic oxidation sites excluding steroid dienone is 8. The Bertz CT molecular complexity index is 1100. The Morgan fingerprint density at radius 1 is 0.554 bits per heavy atom. The molecule has 1 N–H and O–H groups in total. The van der Waals surface area contributed by atoms with Crippen molar-refractivity contribution in [3.63, 3.8) is 0 Å². The lowest BCUT2D eigenvalue weighted by molar-refractivity contribution is -0.870. The van der Waals surface area contributed by atoms with E-state index in [9.17, 15) is 19.0 Å². The van der Waals surface area contributed by atoms with Crippen LogP contribution in [0.25, 0.3) is 0 Å². The van der Waals surface area contributed by atoms with Crippen molar-refractivity contribution in [3.8, 4) is 0 Å². The molecule has 0 spiro atoms. The first-order valence-electron chi connectivity index (χ1n) is 22.4. The highest BCUT2D eigenvalue weighted by Crippen LogP contribution is 2.43. The molecule has 0 rings (SSSR count). The van der Waals surface area contributed by atoms with Crippen LogP contribution in [0.15, 0.2) is 48.6 Å². The Morgan fingerprint density at radius 3 is 1.50 bits per heavy atom. The second-order valence-electron chi connectivity index (χ2n) is 16.1. The molecule has 0 aliphatic heterocycles. The van der Waals surface area contributed by atoms with Crippen LogP contribution in [0.5, 0.6) is 0 Å². The van der Waals surface area contributed by atoms with Crippen molar-refractivity contribution >= 4 is 19.8 Å². The van der Waals surface area contributed by atoms with E-state index in [0.717, 1.165) is 64.2 Å². The standard InChI is InChI=1S/C46H84NO8P/c1-6-8-10-12-14-16-18-20-22-23-25-27-29-31-33-35-37-39-46(49)55-44(43-54-56(50,51)53-41-40-47(3,4)5)42-52-45(48)38-36-34-32-30-28-26-24-21-19-17-15-13-11-9-7-2/h10,12,16,18,22-23,27,29,44H,6-9,11,13-15,17,19-21,24-26,28,30-43H2,1-5H3/p+1/b12-10+,18-16+,23-22+,29-27+/t44-/m1/s1. The number of likely N-dealkylation sites (N-methyl/N-ethyl adjacent to an activating group) is 1. The molecule has 0 aromatic heterocycles. The first kappa shape index (κ1) is 54.0. The van der Waals surface area contributed by atoms with Gasteiger partial charge in [-0.25, -0.2) is 4.57 Å². The van der Waals surface area contributed by atoms with Crippen molar-refractivity contribution in [1.29, 1.82) is 0 Å². The van der Waals surface area contributed by atoms with Crippen LogP contribution in [-0.4, -0.2) is 74.9 Å². The van der Waals surface area contributed by atoms with Gasteiger partial charge in [0.2, 0.25) is 0 Å². The van der Waals surface area contributed by atoms with E-state index in [0.29, 0.717) is 17.4 Å². The maximum atomic E-state index is 12.7. The van der Waals surface area contributed by atoms with E-state index >= 15 is 0 Å². The van der Waals surface area contributed by atoms with Gasteiger partial charge in [-0.2, -0.15) is 0 Å². The number of nitrogens with zero attached hydrogens (tertiary/aromatic N) is 1. The van der Waals surface area contributed by atoms with Crippen molar-refractivity contribution in [2.24, 2.45) is 0 Å². The third-order valence-electron chi connectivity index (χ3n) is 9.34. The van der Waals surface area contributed by atoms with Crippen LogP contribution in [0.2, 0.25) is 0 Å². The van der Waals surface area contributed by atoms with E-state index in [4.69, 9.17) is 18.5 Å². The van der Waals surface area contributed by atoms with Crippen LogP contribution in [0.1, 0.15) is 181 Å². The van der Waals surface area contributed by atoms with Crippen LogP contribution >= 0.6 is 7.82 Å². The second kappa shape index (κ2) is 38.5. The predicted octanol–water partition coefficient (Wildman–Crippen LogP) is 12.7. The summed E-state index contributed by atoms with van der Waals surface area (Å²) in [4.78, 5) is 35.4. The van der Waals surface area contributed by atoms with Crippen LogP contribution < -0.4 is 0 Å². The summed E-state index contributed by atoms with van der Waals surface area (Å²) < 4.78 is 34.3. The van der Waals surface area contributed by atoms with Crippen molar-refractivity contribution in [3.05, 3.63) is 48.6 Å². The van der Waals surface area contributed by atoms with Gasteiger partial charge in [0.1, 0.15) is 19.8 Å². The fourth-order valence-corrected chi connectivity index (χ4v) is 6.57. The molecule has 0 aromatic rings. The quantitative estimate of drug-likeness (QED) is 0.0214. The van der Waals surface area contributed by atoms with Gasteiger partial charge in [-0.15, -0.1) is 0 Å². The highest BCUT2D eigenvalue weighted by Gasteiger charge is 2.27. The number of ether oxygens (including phenoxy) is 2. The first-order chi connectivity index (χ1) is 27.0. The normalized spacial score (nSPS) is 14.0. The number of phosphoric ester groups is 1. The van der Waals surface area contributed by atoms with E-state index in [-0.39, 0.29) is 32.0 Å². The van der Waals surface area contributed by atoms with Crippen LogP contribution in [-0.2, 0) is 32.7 Å². The van der Waals surface area contributed by atoms with E-state index < -0.39 is 26.5 Å². The summed E-state index contributed by atoms with van der Waals surface area (Å²) in [5.41, 5.74) is 0. The topological polar surface area (TPSA) is 108 Å². The molecule has 0 fully saturated rings. The van der Waals surface area contributed by atoms with Crippen LogP contribution in [0, 0.1) is 0 Å². The highest BCUT2D eigenvalue weighted by atomic mass is 31.2. The molecule has 0 heterocycles. The summed E-state index contributed by atoms with van der Waals surface area (Å²) in [6.45, 7) is 4.32. The summed E-state index contributed by atoms with van der Waals surface area (Å²) in [6, 6.07) is 0. The fraction of sp³-hybridized carbons (Fsp3) is 0.783. The molecule has 9 nitrogen and oxygen atoms in total. The summed E-state index contributed by atoms with van der Waals surface area (Å²) in [5.74, 6) is -0.833. The Morgan fingerprint density at radius 2 is 1.00 bits per heavy atom. The highest BCUT2D eigenvalue weighted by molar-refractivity contribution is 7.47. The molecular weight excluding hydrogens is 725 g/mol. The lowest BCUT2D eigenvalue weighted by Gasteiger charge is -2.24. The second-order valence-corrected chi connectivity index (χ2v) is 17.5. The summed E-state index contributed by atoms with van der Waals surface area (Å²) in [5, 5.41) is 0. The molecule has 0 saturated heterocycles. The van der Waals surface area contributed by atoms with Gasteiger partial charge >= 0.3 is 19.8 Å². The number of rotatable bonds is 40. The predicted molar refractivity (Wildman–Crippen MR) is 233 cm³/mol. The average molecular weight is 811 g/mol. The molecular formula is C46H85NO8P+. The van der Waals surface area contributed by atoms with Crippen LogP contribution in [0.4, 0.5) is 0 Å². The third kappa shape index (κ3) is 41.6. The fourth-order valence-electron chi connectivity index (χ4n) is 5.83. The number of carbonyl (C=O) groups is 2. The molecule has 326 valence electrons. The molecule has 0 bridgehead atoms. The number of phosphoric acid groups is 1. The zero-order chi connectivity index (χ0) is 41.4. The molecule has 1 unspecified atom stereocenters. The molecule has 56 heavy (non-hydrogen) atoms. The van der Waals surface area contributed by atoms with Gasteiger partial charge in [0, 0.05) is 12.8 Å². The van der Waals surface area contributed by atoms with E-state index in [1.807, 2.05) is 21.1 Å². The summed E-state index contributed by atoms with van der Waals surface area (Å²) in [6.07, 6.45) is 44.4. The number of unbranched alkanes of at least 4 members (excludes halogenated alkanes) is 18. The largest absolute Gasteiger partial charge is 0.472 e. The Hall–Kier alpha value is -2.03. The van der Waals surface area contributed by atoms with Gasteiger partial charge in [0.15, 0.2) is 6.10 Å². The molecule has 10 heteroatoms. The van der Waals surface area contributed by atoms with Crippen molar-refractivity contribution in [2.45, 2.75) is 187 Å². The van der Waals surface area contributed by atoms with E-state index in [2.05, 4.69) is 62.5 Å². The minimum absolute atomic E-state index is 0.0247. The smallest absolute Gasteiger partial charge is 0.462 e. The van der Waals surface area contributed by atoms with E-state index in [1.165, 1.54) is 83.5 Å². The molecule has 0 aromatic carbocycles. The maximum Gasteiger partial charge on any atom is 0.472 e. The zero-order valence-corrected chi connectivity index (χ0v) is 37.5. The van der Waals surface area contributed by atoms with Crippen LogP contribution in [0.3, 0.4) is 0 Å². The molecule has 0 radical (unpaired) electrons. The molecule has 0 saturated carbocycles. The molecule has 0 aliphatic carbocycles. The lowest BCUT2D eigenvalue weighted by atomic mass is 10.0. The minimum atomic E-state index is -4.38. The number of quaternary nitrogens is 1. The minimum Gasteiger partial charge on any atom is -0.462 e. The first-order valence-corrected chi connectivity index (χ1v) is 23.9. The third-order valence-corrected chi connectivity index (χ3v) is 10.3. The van der Waals surface area contributed by atoms with Gasteiger partial charge < -0.3 is 18.9 Å². The number of esters is 2. The Labute approximate surface area is 343 Å². The molecule has 0 amide bonds.